The summed E-state index contributed by atoms with van der Waals surface area (Å²) in [6.45, 7) is 3.18. The molecule has 2 nitrogen and oxygen atoms in total. The van der Waals surface area contributed by atoms with Gasteiger partial charge in [0.25, 0.3) is 0 Å². The molecule has 1 aromatic carbocycles. The molecular weight excluding hydrogens is 270 g/mol. The van der Waals surface area contributed by atoms with Crippen LogP contribution in [0.5, 0.6) is 0 Å². The Morgan fingerprint density at radius 2 is 1.85 bits per heavy atom. The molecule has 3 atom stereocenters. The topological polar surface area (TPSA) is 23.5 Å². The molecule has 1 aliphatic carbocycles. The summed E-state index contributed by atoms with van der Waals surface area (Å²) < 4.78 is 0. The van der Waals surface area contributed by atoms with Gasteiger partial charge >= 0.3 is 0 Å². The van der Waals surface area contributed by atoms with Gasteiger partial charge in [0.1, 0.15) is 0 Å². The summed E-state index contributed by atoms with van der Waals surface area (Å²) in [6.07, 6.45) is 5.69. The third kappa shape index (κ3) is 4.21. The van der Waals surface area contributed by atoms with Gasteiger partial charge in [0.2, 0.25) is 0 Å². The van der Waals surface area contributed by atoms with Gasteiger partial charge in [0, 0.05) is 17.6 Å². The number of aliphatic hydroxyl groups is 1. The zero-order chi connectivity index (χ0) is 14.5. The summed E-state index contributed by atoms with van der Waals surface area (Å²) in [7, 11) is 2.15. The normalized spacial score (nSPS) is 25.4. The highest BCUT2D eigenvalue weighted by molar-refractivity contribution is 6.30. The zero-order valence-electron chi connectivity index (χ0n) is 12.6. The molecule has 1 aliphatic rings. The minimum atomic E-state index is -0.127. The molecule has 0 heterocycles. The quantitative estimate of drug-likeness (QED) is 0.838. The highest BCUT2D eigenvalue weighted by atomic mass is 35.5. The van der Waals surface area contributed by atoms with Gasteiger partial charge in [-0.3, -0.25) is 4.90 Å². The first-order chi connectivity index (χ1) is 9.58. The number of benzene rings is 1. The summed E-state index contributed by atoms with van der Waals surface area (Å²) in [6, 6.07) is 8.42. The molecule has 0 spiro atoms. The summed E-state index contributed by atoms with van der Waals surface area (Å²) in [5, 5.41) is 11.0. The highest BCUT2D eigenvalue weighted by Crippen LogP contribution is 2.27. The maximum absolute atomic E-state index is 10.2. The van der Waals surface area contributed by atoms with Crippen molar-refractivity contribution in [1.29, 1.82) is 0 Å². The van der Waals surface area contributed by atoms with Crippen LogP contribution >= 0.6 is 11.6 Å². The van der Waals surface area contributed by atoms with Crippen LogP contribution in [-0.2, 0) is 0 Å². The Balaban J connectivity index is 1.95. The van der Waals surface area contributed by atoms with Crippen molar-refractivity contribution < 1.29 is 5.11 Å². The fraction of sp³-hybridized carbons (Fsp3) is 0.647. The number of hydrogen-bond acceptors (Lipinski definition) is 2. The van der Waals surface area contributed by atoms with Gasteiger partial charge in [-0.05, 0) is 50.4 Å². The van der Waals surface area contributed by atoms with Crippen molar-refractivity contribution in [3.63, 3.8) is 0 Å². The van der Waals surface area contributed by atoms with E-state index in [1.54, 1.807) is 0 Å². The van der Waals surface area contributed by atoms with E-state index in [2.05, 4.69) is 31.0 Å². The largest absolute Gasteiger partial charge is 0.393 e. The van der Waals surface area contributed by atoms with Gasteiger partial charge in [-0.15, -0.1) is 0 Å². The van der Waals surface area contributed by atoms with Crippen LogP contribution in [0.2, 0.25) is 5.02 Å². The molecule has 3 heteroatoms. The molecule has 0 aliphatic heterocycles. The van der Waals surface area contributed by atoms with Crippen molar-refractivity contribution >= 4 is 11.6 Å². The second-order valence-electron chi connectivity index (χ2n) is 6.13. The highest BCUT2D eigenvalue weighted by Gasteiger charge is 2.24. The number of aliphatic hydroxyl groups excluding tert-OH is 1. The van der Waals surface area contributed by atoms with Crippen LogP contribution in [0.4, 0.5) is 0 Å². The molecule has 1 aromatic rings. The molecule has 1 fully saturated rings. The van der Waals surface area contributed by atoms with Crippen LogP contribution in [0.1, 0.15) is 50.6 Å². The van der Waals surface area contributed by atoms with Crippen molar-refractivity contribution in [1.82, 2.24) is 4.90 Å². The lowest BCUT2D eigenvalue weighted by Crippen LogP contribution is -2.34. The smallest absolute Gasteiger partial charge is 0.0580 e. The van der Waals surface area contributed by atoms with E-state index in [4.69, 9.17) is 11.6 Å². The van der Waals surface area contributed by atoms with Crippen molar-refractivity contribution in [3.8, 4) is 0 Å². The third-order valence-electron chi connectivity index (χ3n) is 4.66. The lowest BCUT2D eigenvalue weighted by molar-refractivity contribution is 0.0711. The molecule has 0 amide bonds. The number of rotatable bonds is 4. The summed E-state index contributed by atoms with van der Waals surface area (Å²) >= 11 is 5.94. The number of nitrogens with zero attached hydrogens (tertiary/aromatic N) is 1. The molecule has 20 heavy (non-hydrogen) atoms. The third-order valence-corrected chi connectivity index (χ3v) is 4.91. The van der Waals surface area contributed by atoms with Crippen LogP contribution < -0.4 is 0 Å². The SMILES string of the molecule is CC(c1ccc(Cl)cc1)N(C)CC1CCCCCC1O. The van der Waals surface area contributed by atoms with E-state index in [9.17, 15) is 5.11 Å². The molecule has 3 unspecified atom stereocenters. The minimum absolute atomic E-state index is 0.127. The average molecular weight is 296 g/mol. The van der Waals surface area contributed by atoms with Gasteiger partial charge in [0.15, 0.2) is 0 Å². The summed E-state index contributed by atoms with van der Waals surface area (Å²) in [5.74, 6) is 0.414. The number of halogens is 1. The van der Waals surface area contributed by atoms with Gasteiger partial charge in [-0.25, -0.2) is 0 Å². The van der Waals surface area contributed by atoms with E-state index in [0.717, 1.165) is 24.4 Å². The zero-order valence-corrected chi connectivity index (χ0v) is 13.3. The summed E-state index contributed by atoms with van der Waals surface area (Å²) in [4.78, 5) is 2.35. The Labute approximate surface area is 127 Å². The van der Waals surface area contributed by atoms with E-state index in [1.165, 1.54) is 24.8 Å². The second-order valence-corrected chi connectivity index (χ2v) is 6.57. The predicted octanol–water partition coefficient (Wildman–Crippen LogP) is 4.27. The molecule has 1 N–H and O–H groups in total. The van der Waals surface area contributed by atoms with Crippen molar-refractivity contribution in [3.05, 3.63) is 34.9 Å². The maximum Gasteiger partial charge on any atom is 0.0580 e. The van der Waals surface area contributed by atoms with Crippen LogP contribution in [-0.4, -0.2) is 29.7 Å². The molecule has 1 saturated carbocycles. The van der Waals surface area contributed by atoms with E-state index in [0.29, 0.717) is 12.0 Å². The van der Waals surface area contributed by atoms with E-state index in [1.807, 2.05) is 12.1 Å². The standard InChI is InChI=1S/C17H26ClNO/c1-13(14-8-10-16(18)11-9-14)19(2)12-15-6-4-3-5-7-17(15)20/h8-11,13,15,17,20H,3-7,12H2,1-2H3. The van der Waals surface area contributed by atoms with Gasteiger partial charge < -0.3 is 5.11 Å². The molecule has 0 aromatic heterocycles. The van der Waals surface area contributed by atoms with Crippen LogP contribution in [0.3, 0.4) is 0 Å². The number of hydrogen-bond donors (Lipinski definition) is 1. The monoisotopic (exact) mass is 295 g/mol. The molecule has 0 saturated heterocycles. The van der Waals surface area contributed by atoms with Crippen LogP contribution in [0.25, 0.3) is 0 Å². The van der Waals surface area contributed by atoms with Crippen LogP contribution in [0, 0.1) is 5.92 Å². The van der Waals surface area contributed by atoms with Gasteiger partial charge in [-0.2, -0.15) is 0 Å². The first-order valence-corrected chi connectivity index (χ1v) is 8.09. The summed E-state index contributed by atoms with van der Waals surface area (Å²) in [5.41, 5.74) is 1.28. The minimum Gasteiger partial charge on any atom is -0.393 e. The average Bonchev–Trinajstić information content (AvgIpc) is 2.64. The van der Waals surface area contributed by atoms with E-state index < -0.39 is 0 Å². The van der Waals surface area contributed by atoms with E-state index >= 15 is 0 Å². The maximum atomic E-state index is 10.2. The molecular formula is C17H26ClNO. The Morgan fingerprint density at radius 3 is 2.55 bits per heavy atom. The Bertz CT molecular complexity index is 406. The van der Waals surface area contributed by atoms with Crippen LogP contribution in [0.15, 0.2) is 24.3 Å². The van der Waals surface area contributed by atoms with E-state index in [-0.39, 0.29) is 6.10 Å². The fourth-order valence-corrected chi connectivity index (χ4v) is 3.23. The van der Waals surface area contributed by atoms with Crippen molar-refractivity contribution in [2.24, 2.45) is 5.92 Å². The second kappa shape index (κ2) is 7.44. The van der Waals surface area contributed by atoms with Gasteiger partial charge in [0.05, 0.1) is 6.10 Å². The molecule has 0 radical (unpaired) electrons. The Hall–Kier alpha value is -0.570. The lowest BCUT2D eigenvalue weighted by Gasteiger charge is -2.31. The Kier molecular flexibility index (Phi) is 5.88. The first-order valence-electron chi connectivity index (χ1n) is 7.71. The van der Waals surface area contributed by atoms with Gasteiger partial charge in [-0.1, -0.05) is 43.0 Å². The lowest BCUT2D eigenvalue weighted by atomic mass is 9.95. The molecule has 2 rings (SSSR count). The van der Waals surface area contributed by atoms with Crippen molar-refractivity contribution in [2.75, 3.05) is 13.6 Å². The molecule has 0 bridgehead atoms. The predicted molar refractivity (Wildman–Crippen MR) is 85.1 cm³/mol. The molecule has 112 valence electrons. The Morgan fingerprint density at radius 1 is 1.20 bits per heavy atom. The van der Waals surface area contributed by atoms with Crippen molar-refractivity contribution in [2.45, 2.75) is 51.2 Å². The first kappa shape index (κ1) is 15.8. The fourth-order valence-electron chi connectivity index (χ4n) is 3.10.